The Kier molecular flexibility index (Phi) is 3.89. The van der Waals surface area contributed by atoms with E-state index in [1.54, 1.807) is 0 Å². The minimum atomic E-state index is -0.244. The first-order valence-corrected chi connectivity index (χ1v) is 7.73. The van der Waals surface area contributed by atoms with Crippen LogP contribution >= 0.6 is 0 Å². The monoisotopic (exact) mass is 289 g/mol. The minimum absolute atomic E-state index is 0.0496. The predicted octanol–water partition coefficient (Wildman–Crippen LogP) is 2.20. The summed E-state index contributed by atoms with van der Waals surface area (Å²) in [6, 6.07) is 6.40. The number of aliphatic hydroxyl groups is 1. The van der Waals surface area contributed by atoms with Crippen molar-refractivity contribution >= 4 is 5.91 Å². The van der Waals surface area contributed by atoms with Gasteiger partial charge in [0.05, 0.1) is 6.10 Å². The average Bonchev–Trinajstić information content (AvgIpc) is 2.67. The van der Waals surface area contributed by atoms with Crippen LogP contribution in [-0.2, 0) is 4.79 Å². The maximum Gasteiger partial charge on any atom is 0.261 e. The second-order valence-electron chi connectivity index (χ2n) is 6.42. The molecule has 4 nitrogen and oxygen atoms in total. The Bertz CT molecular complexity index is 509. The number of amides is 1. The summed E-state index contributed by atoms with van der Waals surface area (Å²) in [6.45, 7) is 4.13. The lowest BCUT2D eigenvalue weighted by atomic mass is 10.00. The molecular formula is C17H23NO3. The number of ether oxygens (including phenoxy) is 1. The molecule has 3 rings (SSSR count). The van der Waals surface area contributed by atoms with Crippen LogP contribution in [0.4, 0.5) is 0 Å². The average molecular weight is 289 g/mol. The van der Waals surface area contributed by atoms with Gasteiger partial charge < -0.3 is 14.7 Å². The zero-order chi connectivity index (χ0) is 15.0. The Labute approximate surface area is 125 Å². The number of hydrogen-bond acceptors (Lipinski definition) is 3. The Morgan fingerprint density at radius 3 is 2.33 bits per heavy atom. The van der Waals surface area contributed by atoms with Gasteiger partial charge in [0.25, 0.3) is 5.91 Å². The number of hydrogen-bond donors (Lipinski definition) is 1. The molecule has 114 valence electrons. The molecule has 2 fully saturated rings. The number of rotatable bonds is 3. The third-order valence-electron chi connectivity index (χ3n) is 4.55. The van der Waals surface area contributed by atoms with Gasteiger partial charge in [-0.25, -0.2) is 0 Å². The summed E-state index contributed by atoms with van der Waals surface area (Å²) in [7, 11) is 0. The molecule has 4 heteroatoms. The summed E-state index contributed by atoms with van der Waals surface area (Å²) >= 11 is 0. The van der Waals surface area contributed by atoms with Gasteiger partial charge in [0.1, 0.15) is 5.75 Å². The Hall–Kier alpha value is -1.55. The van der Waals surface area contributed by atoms with Crippen molar-refractivity contribution in [1.29, 1.82) is 0 Å². The van der Waals surface area contributed by atoms with Crippen molar-refractivity contribution in [3.63, 3.8) is 0 Å². The fraction of sp³-hybridized carbons (Fsp3) is 0.588. The molecule has 2 aliphatic heterocycles. The Morgan fingerprint density at radius 2 is 1.76 bits per heavy atom. The minimum Gasteiger partial charge on any atom is -0.484 e. The molecule has 1 aromatic carbocycles. The van der Waals surface area contributed by atoms with Gasteiger partial charge in [-0.1, -0.05) is 6.07 Å². The molecule has 21 heavy (non-hydrogen) atoms. The van der Waals surface area contributed by atoms with Gasteiger partial charge >= 0.3 is 0 Å². The Balaban J connectivity index is 1.62. The molecule has 0 radical (unpaired) electrons. The fourth-order valence-electron chi connectivity index (χ4n) is 3.79. The molecule has 2 aliphatic rings. The van der Waals surface area contributed by atoms with E-state index in [9.17, 15) is 9.90 Å². The van der Waals surface area contributed by atoms with Crippen LogP contribution in [0, 0.1) is 13.8 Å². The highest BCUT2D eigenvalue weighted by molar-refractivity contribution is 5.79. The van der Waals surface area contributed by atoms with Gasteiger partial charge in [-0.3, -0.25) is 4.79 Å². The zero-order valence-electron chi connectivity index (χ0n) is 12.7. The number of nitrogens with zero attached hydrogens (tertiary/aromatic N) is 1. The SMILES string of the molecule is Cc1cc(C)cc(OCC(=O)N2C3CCC2CC(O)C3)c1. The summed E-state index contributed by atoms with van der Waals surface area (Å²) in [5.74, 6) is 0.804. The lowest BCUT2D eigenvalue weighted by molar-refractivity contribution is -0.139. The third kappa shape index (κ3) is 3.05. The molecule has 0 aliphatic carbocycles. The van der Waals surface area contributed by atoms with Crippen LogP contribution in [0.15, 0.2) is 18.2 Å². The van der Waals surface area contributed by atoms with Crippen molar-refractivity contribution in [2.75, 3.05) is 6.61 Å². The molecule has 0 spiro atoms. The molecule has 0 aromatic heterocycles. The van der Waals surface area contributed by atoms with E-state index in [1.165, 1.54) is 0 Å². The van der Waals surface area contributed by atoms with Crippen molar-refractivity contribution < 1.29 is 14.6 Å². The lowest BCUT2D eigenvalue weighted by Crippen LogP contribution is -2.49. The normalized spacial score (nSPS) is 27.8. The van der Waals surface area contributed by atoms with Crippen LogP contribution in [-0.4, -0.2) is 40.7 Å². The van der Waals surface area contributed by atoms with Crippen molar-refractivity contribution in [1.82, 2.24) is 4.90 Å². The first-order valence-electron chi connectivity index (χ1n) is 7.73. The van der Waals surface area contributed by atoms with Gasteiger partial charge in [-0.15, -0.1) is 0 Å². The molecular weight excluding hydrogens is 266 g/mol. The molecule has 1 aromatic rings. The second kappa shape index (κ2) is 5.68. The number of aliphatic hydroxyl groups excluding tert-OH is 1. The standard InChI is InChI=1S/C17H23NO3/c1-11-5-12(2)7-16(6-11)21-10-17(20)18-13-3-4-14(18)9-15(19)8-13/h5-7,13-15,19H,3-4,8-10H2,1-2H3. The summed E-state index contributed by atoms with van der Waals surface area (Å²) in [5, 5.41) is 9.79. The fourth-order valence-corrected chi connectivity index (χ4v) is 3.79. The van der Waals surface area contributed by atoms with Crippen molar-refractivity contribution in [2.45, 2.75) is 57.7 Å². The van der Waals surface area contributed by atoms with E-state index in [2.05, 4.69) is 6.07 Å². The molecule has 1 amide bonds. The largest absolute Gasteiger partial charge is 0.484 e. The molecule has 2 heterocycles. The topological polar surface area (TPSA) is 49.8 Å². The van der Waals surface area contributed by atoms with E-state index >= 15 is 0 Å². The molecule has 2 atom stereocenters. The van der Waals surface area contributed by atoms with E-state index in [0.29, 0.717) is 12.8 Å². The van der Waals surface area contributed by atoms with E-state index < -0.39 is 0 Å². The van der Waals surface area contributed by atoms with Gasteiger partial charge in [-0.05, 0) is 62.8 Å². The summed E-state index contributed by atoms with van der Waals surface area (Å²) in [5.41, 5.74) is 2.28. The number of carbonyl (C=O) groups is 1. The summed E-state index contributed by atoms with van der Waals surface area (Å²) in [4.78, 5) is 14.4. The van der Waals surface area contributed by atoms with Crippen LogP contribution in [0.25, 0.3) is 0 Å². The van der Waals surface area contributed by atoms with Crippen molar-refractivity contribution in [3.8, 4) is 5.75 Å². The van der Waals surface area contributed by atoms with Gasteiger partial charge in [0.2, 0.25) is 0 Å². The molecule has 2 saturated heterocycles. The van der Waals surface area contributed by atoms with Crippen LogP contribution in [0.1, 0.15) is 36.8 Å². The van der Waals surface area contributed by atoms with Gasteiger partial charge in [0, 0.05) is 12.1 Å². The maximum atomic E-state index is 12.4. The Morgan fingerprint density at radius 1 is 1.19 bits per heavy atom. The van der Waals surface area contributed by atoms with Crippen LogP contribution in [0.2, 0.25) is 0 Å². The molecule has 2 bridgehead atoms. The smallest absolute Gasteiger partial charge is 0.261 e. The predicted molar refractivity (Wildman–Crippen MR) is 80.3 cm³/mol. The highest BCUT2D eigenvalue weighted by Crippen LogP contribution is 2.35. The van der Waals surface area contributed by atoms with Gasteiger partial charge in [0.15, 0.2) is 6.61 Å². The lowest BCUT2D eigenvalue weighted by Gasteiger charge is -2.37. The highest BCUT2D eigenvalue weighted by Gasteiger charge is 2.42. The number of carbonyl (C=O) groups excluding carboxylic acids is 1. The van der Waals surface area contributed by atoms with Crippen molar-refractivity contribution in [2.24, 2.45) is 0 Å². The van der Waals surface area contributed by atoms with E-state index in [-0.39, 0.29) is 30.7 Å². The van der Waals surface area contributed by atoms with E-state index in [4.69, 9.17) is 4.74 Å². The molecule has 2 unspecified atom stereocenters. The third-order valence-corrected chi connectivity index (χ3v) is 4.55. The first kappa shape index (κ1) is 14.4. The second-order valence-corrected chi connectivity index (χ2v) is 6.42. The number of piperidine rings is 1. The number of benzene rings is 1. The van der Waals surface area contributed by atoms with E-state index in [1.807, 2.05) is 30.9 Å². The van der Waals surface area contributed by atoms with Crippen LogP contribution < -0.4 is 4.74 Å². The quantitative estimate of drug-likeness (QED) is 0.928. The molecule has 1 N–H and O–H groups in total. The highest BCUT2D eigenvalue weighted by atomic mass is 16.5. The van der Waals surface area contributed by atoms with E-state index in [0.717, 1.165) is 29.7 Å². The number of aryl methyl sites for hydroxylation is 2. The summed E-state index contributed by atoms with van der Waals surface area (Å²) < 4.78 is 5.68. The van der Waals surface area contributed by atoms with Crippen LogP contribution in [0.5, 0.6) is 5.75 Å². The van der Waals surface area contributed by atoms with Crippen molar-refractivity contribution in [3.05, 3.63) is 29.3 Å². The first-order chi connectivity index (χ1) is 10.0. The maximum absolute atomic E-state index is 12.4. The van der Waals surface area contributed by atoms with Gasteiger partial charge in [-0.2, -0.15) is 0 Å². The zero-order valence-corrected chi connectivity index (χ0v) is 12.7. The number of fused-ring (bicyclic) bond motifs is 2. The van der Waals surface area contributed by atoms with Crippen LogP contribution in [0.3, 0.4) is 0 Å². The molecule has 0 saturated carbocycles. The summed E-state index contributed by atoms with van der Waals surface area (Å²) in [6.07, 6.45) is 3.21.